The van der Waals surface area contributed by atoms with Crippen molar-refractivity contribution in [3.05, 3.63) is 71.3 Å². The first-order valence-corrected chi connectivity index (χ1v) is 6.17. The summed E-state index contributed by atoms with van der Waals surface area (Å²) < 4.78 is 7.26. The first-order valence-electron chi connectivity index (χ1n) is 6.17. The third kappa shape index (κ3) is 4.08. The smallest absolute Gasteiger partial charge is 0.254 e. The molecule has 1 aromatic rings. The number of rotatable bonds is 6. The van der Waals surface area contributed by atoms with Crippen LogP contribution in [0.2, 0.25) is 0 Å². The molecule has 0 aliphatic carbocycles. The molecule has 1 aromatic heterocycles. The molecule has 0 aromatic carbocycles. The van der Waals surface area contributed by atoms with Crippen molar-refractivity contribution in [1.82, 2.24) is 4.90 Å². The lowest BCUT2D eigenvalue weighted by Gasteiger charge is -2.21. The normalized spacial score (nSPS) is 15.4. The van der Waals surface area contributed by atoms with Crippen LogP contribution in [0.25, 0.3) is 0 Å². The second kappa shape index (κ2) is 7.11. The second-order valence-electron chi connectivity index (χ2n) is 4.22. The third-order valence-corrected chi connectivity index (χ3v) is 2.78. The van der Waals surface area contributed by atoms with Crippen LogP contribution >= 0.6 is 0 Å². The molecule has 2 heterocycles. The summed E-state index contributed by atoms with van der Waals surface area (Å²) in [5, 5.41) is 20.6. The topological polar surface area (TPSA) is 92.7 Å². The van der Waals surface area contributed by atoms with E-state index in [1.54, 1.807) is 52.3 Å². The van der Waals surface area contributed by atoms with E-state index in [2.05, 4.69) is 5.18 Å². The van der Waals surface area contributed by atoms with Crippen LogP contribution in [0.3, 0.4) is 0 Å². The summed E-state index contributed by atoms with van der Waals surface area (Å²) in [6.07, 6.45) is 11.7. The molecular weight excluding hydrogens is 272 g/mol. The average molecular weight is 286 g/mol. The van der Waals surface area contributed by atoms with E-state index in [9.17, 15) is 10.0 Å². The quantitative estimate of drug-likeness (QED) is 0.358. The number of nitrogens with one attached hydrogen (secondary N) is 1. The standard InChI is InChI=1S/C14H14N4O3/c15-14(19)12-4-7-17(8-5-12)10-21-11-18-6-2-1-3-13(18)9-16-20/h1-9H,10-11H2,(H-,15,19)/b13-9+. The van der Waals surface area contributed by atoms with Gasteiger partial charge in [0.2, 0.25) is 0 Å². The van der Waals surface area contributed by atoms with Crippen LogP contribution in [0.15, 0.2) is 66.0 Å². The van der Waals surface area contributed by atoms with Gasteiger partial charge in [-0.05, 0) is 28.8 Å². The Bertz CT molecular complexity index is 605. The molecule has 0 fully saturated rings. The lowest BCUT2D eigenvalue weighted by molar-refractivity contribution is -0.733. The minimum Gasteiger partial charge on any atom is -0.859 e. The number of nitroso groups, excluding NO2 is 1. The fourth-order valence-electron chi connectivity index (χ4n) is 1.72. The number of nitrogens with zero attached hydrogens (tertiary/aromatic N) is 3. The summed E-state index contributed by atoms with van der Waals surface area (Å²) in [6.45, 7) is 0.538. The Hall–Kier alpha value is -2.80. The highest BCUT2D eigenvalue weighted by Gasteiger charge is 2.08. The summed E-state index contributed by atoms with van der Waals surface area (Å²) in [5.74, 6) is -0.718. The molecule has 7 nitrogen and oxygen atoms in total. The van der Waals surface area contributed by atoms with E-state index in [1.165, 1.54) is 6.20 Å². The van der Waals surface area contributed by atoms with Gasteiger partial charge in [-0.2, -0.15) is 4.57 Å². The minimum absolute atomic E-state index is 0.258. The summed E-state index contributed by atoms with van der Waals surface area (Å²) in [7, 11) is 0. The van der Waals surface area contributed by atoms with E-state index in [0.717, 1.165) is 0 Å². The van der Waals surface area contributed by atoms with Crippen LogP contribution in [0.1, 0.15) is 5.56 Å². The second-order valence-corrected chi connectivity index (χ2v) is 4.22. The molecule has 0 saturated heterocycles. The molecule has 2 rings (SSSR count). The SMILES string of the molecule is N=C([O-])c1cc[n+](COCN2C=CC=C/C2=C\N=O)cc1. The van der Waals surface area contributed by atoms with E-state index < -0.39 is 5.90 Å². The predicted octanol–water partition coefficient (Wildman–Crippen LogP) is 0.585. The van der Waals surface area contributed by atoms with Gasteiger partial charge in [0.15, 0.2) is 12.4 Å². The van der Waals surface area contributed by atoms with E-state index >= 15 is 0 Å². The van der Waals surface area contributed by atoms with E-state index in [4.69, 9.17) is 10.1 Å². The van der Waals surface area contributed by atoms with Crippen LogP contribution in [0.5, 0.6) is 0 Å². The van der Waals surface area contributed by atoms with Crippen LogP contribution in [0, 0.1) is 10.3 Å². The Morgan fingerprint density at radius 2 is 2.19 bits per heavy atom. The summed E-state index contributed by atoms with van der Waals surface area (Å²) in [6, 6.07) is 3.12. The molecule has 0 atom stereocenters. The van der Waals surface area contributed by atoms with E-state index in [1.807, 2.05) is 6.08 Å². The summed E-state index contributed by atoms with van der Waals surface area (Å²) in [5.41, 5.74) is 0.977. The lowest BCUT2D eigenvalue weighted by atomic mass is 10.3. The molecule has 7 heteroatoms. The third-order valence-electron chi connectivity index (χ3n) is 2.78. The zero-order valence-electron chi connectivity index (χ0n) is 11.2. The van der Waals surface area contributed by atoms with Crippen molar-refractivity contribution in [2.24, 2.45) is 5.18 Å². The van der Waals surface area contributed by atoms with Gasteiger partial charge in [0.25, 0.3) is 6.73 Å². The van der Waals surface area contributed by atoms with Gasteiger partial charge in [0.05, 0.1) is 11.9 Å². The minimum atomic E-state index is -0.718. The Labute approximate surface area is 121 Å². The Morgan fingerprint density at radius 1 is 1.43 bits per heavy atom. The molecule has 21 heavy (non-hydrogen) atoms. The van der Waals surface area contributed by atoms with Crippen LogP contribution in [0.4, 0.5) is 0 Å². The fraction of sp³-hybridized carbons (Fsp3) is 0.143. The van der Waals surface area contributed by atoms with Crippen molar-refractivity contribution in [3.63, 3.8) is 0 Å². The summed E-state index contributed by atoms with van der Waals surface area (Å²) in [4.78, 5) is 12.0. The van der Waals surface area contributed by atoms with Crippen LogP contribution in [-0.2, 0) is 11.5 Å². The molecule has 1 aliphatic rings. The van der Waals surface area contributed by atoms with Gasteiger partial charge < -0.3 is 20.2 Å². The van der Waals surface area contributed by atoms with Gasteiger partial charge in [-0.3, -0.25) is 0 Å². The molecule has 0 saturated carbocycles. The Kier molecular flexibility index (Phi) is 4.94. The Balaban J connectivity index is 1.87. The van der Waals surface area contributed by atoms with Crippen molar-refractivity contribution < 1.29 is 14.4 Å². The van der Waals surface area contributed by atoms with Gasteiger partial charge in [-0.15, -0.1) is 4.91 Å². The van der Waals surface area contributed by atoms with Gasteiger partial charge in [-0.1, -0.05) is 6.08 Å². The maximum atomic E-state index is 10.8. The van der Waals surface area contributed by atoms with Gasteiger partial charge >= 0.3 is 0 Å². The van der Waals surface area contributed by atoms with Crippen LogP contribution in [-0.4, -0.2) is 17.5 Å². The van der Waals surface area contributed by atoms with Crippen molar-refractivity contribution in [1.29, 1.82) is 5.41 Å². The Morgan fingerprint density at radius 3 is 2.86 bits per heavy atom. The number of allylic oxidation sites excluding steroid dienone is 3. The van der Waals surface area contributed by atoms with Crippen molar-refractivity contribution >= 4 is 5.90 Å². The van der Waals surface area contributed by atoms with Crippen molar-refractivity contribution in [3.8, 4) is 0 Å². The highest BCUT2D eigenvalue weighted by atomic mass is 16.5. The molecule has 0 amide bonds. The molecule has 0 spiro atoms. The van der Waals surface area contributed by atoms with E-state index in [-0.39, 0.29) is 13.5 Å². The molecule has 1 aliphatic heterocycles. The molecule has 0 bridgehead atoms. The first-order chi connectivity index (χ1) is 10.2. The lowest BCUT2D eigenvalue weighted by Crippen LogP contribution is -2.36. The monoisotopic (exact) mass is 286 g/mol. The van der Waals surface area contributed by atoms with Crippen molar-refractivity contribution in [2.45, 2.75) is 6.73 Å². The predicted molar refractivity (Wildman–Crippen MR) is 73.4 cm³/mol. The highest BCUT2D eigenvalue weighted by Crippen LogP contribution is 2.12. The molecule has 0 radical (unpaired) electrons. The maximum absolute atomic E-state index is 10.8. The molecule has 108 valence electrons. The van der Waals surface area contributed by atoms with Crippen LogP contribution < -0.4 is 9.67 Å². The zero-order valence-corrected chi connectivity index (χ0v) is 11.2. The first kappa shape index (κ1) is 14.6. The van der Waals surface area contributed by atoms with E-state index in [0.29, 0.717) is 11.3 Å². The van der Waals surface area contributed by atoms with Gasteiger partial charge in [-0.25, -0.2) is 0 Å². The number of aromatic nitrogens is 1. The highest BCUT2D eigenvalue weighted by molar-refractivity contribution is 5.87. The van der Waals surface area contributed by atoms with Gasteiger partial charge in [0.1, 0.15) is 6.73 Å². The summed E-state index contributed by atoms with van der Waals surface area (Å²) >= 11 is 0. The number of hydrogen-bond donors (Lipinski definition) is 1. The molecule has 1 N–H and O–H groups in total. The number of ether oxygens (including phenoxy) is 1. The fourth-order valence-corrected chi connectivity index (χ4v) is 1.72. The average Bonchev–Trinajstić information content (AvgIpc) is 2.50. The largest absolute Gasteiger partial charge is 0.859 e. The number of pyridine rings is 1. The maximum Gasteiger partial charge on any atom is 0.254 e. The van der Waals surface area contributed by atoms with Gasteiger partial charge in [0, 0.05) is 18.3 Å². The van der Waals surface area contributed by atoms with Crippen molar-refractivity contribution in [2.75, 3.05) is 6.73 Å². The molecule has 0 unspecified atom stereocenters. The zero-order chi connectivity index (χ0) is 15.1. The number of hydrogen-bond acceptors (Lipinski definition) is 6. The molecular formula is C14H14N4O3.